The predicted octanol–water partition coefficient (Wildman–Crippen LogP) is 1.99. The number of likely N-dealkylation sites (tertiary alicyclic amines) is 1. The molecule has 1 amide bonds. The summed E-state index contributed by atoms with van der Waals surface area (Å²) in [7, 11) is 3.44. The van der Waals surface area contributed by atoms with Crippen molar-refractivity contribution in [3.63, 3.8) is 0 Å². The van der Waals surface area contributed by atoms with E-state index in [-0.39, 0.29) is 11.8 Å². The maximum absolute atomic E-state index is 12.4. The topological polar surface area (TPSA) is 86.3 Å². The molecule has 1 atom stereocenters. The molecule has 0 aliphatic carbocycles. The number of hydrogen-bond acceptors (Lipinski definition) is 6. The highest BCUT2D eigenvalue weighted by molar-refractivity contribution is 5.79. The van der Waals surface area contributed by atoms with Gasteiger partial charge in [-0.2, -0.15) is 10.1 Å². The Morgan fingerprint density at radius 2 is 2.15 bits per heavy atom. The molecule has 8 nitrogen and oxygen atoms in total. The fraction of sp³-hybridized carbons (Fsp3) is 0.333. The van der Waals surface area contributed by atoms with Crippen molar-refractivity contribution in [3.8, 4) is 17.3 Å². The van der Waals surface area contributed by atoms with Gasteiger partial charge in [-0.05, 0) is 12.1 Å². The zero-order valence-corrected chi connectivity index (χ0v) is 14.6. The molecule has 1 aromatic carbocycles. The summed E-state index contributed by atoms with van der Waals surface area (Å²) in [5.41, 5.74) is 1.73. The number of methoxy groups -OCH3 is 1. The molecule has 3 aromatic rings. The van der Waals surface area contributed by atoms with Gasteiger partial charge in [0.05, 0.1) is 7.11 Å². The molecule has 26 heavy (non-hydrogen) atoms. The van der Waals surface area contributed by atoms with Crippen molar-refractivity contribution >= 4 is 5.91 Å². The number of rotatable bonds is 5. The molecule has 2 aromatic heterocycles. The molecule has 8 heteroatoms. The third kappa shape index (κ3) is 2.94. The number of aromatic nitrogens is 4. The van der Waals surface area contributed by atoms with Gasteiger partial charge in [0.1, 0.15) is 11.4 Å². The van der Waals surface area contributed by atoms with Crippen molar-refractivity contribution in [2.75, 3.05) is 13.7 Å². The first-order valence-electron chi connectivity index (χ1n) is 8.37. The number of benzene rings is 1. The molecule has 1 unspecified atom stereocenters. The van der Waals surface area contributed by atoms with Gasteiger partial charge in [-0.15, -0.1) is 0 Å². The lowest BCUT2D eigenvalue weighted by Crippen LogP contribution is -2.24. The van der Waals surface area contributed by atoms with Crippen LogP contribution in [0.3, 0.4) is 0 Å². The third-order valence-corrected chi connectivity index (χ3v) is 4.62. The Bertz CT molecular complexity index is 932. The first-order chi connectivity index (χ1) is 12.7. The van der Waals surface area contributed by atoms with E-state index in [1.807, 2.05) is 42.3 Å². The first-order valence-corrected chi connectivity index (χ1v) is 8.37. The minimum atomic E-state index is -0.0806. The highest BCUT2D eigenvalue weighted by Crippen LogP contribution is 2.30. The van der Waals surface area contributed by atoms with E-state index in [1.165, 1.54) is 0 Å². The summed E-state index contributed by atoms with van der Waals surface area (Å²) in [5.74, 6) is 1.74. The SMILES string of the molecule is COc1ccccc1CN1CC(c2noc(-c3ccnn3C)n2)CC1=O. The lowest BCUT2D eigenvalue weighted by Gasteiger charge is -2.17. The Morgan fingerprint density at radius 1 is 1.31 bits per heavy atom. The summed E-state index contributed by atoms with van der Waals surface area (Å²) < 4.78 is 12.4. The van der Waals surface area contributed by atoms with E-state index in [1.54, 1.807) is 18.0 Å². The smallest absolute Gasteiger partial charge is 0.276 e. The lowest BCUT2D eigenvalue weighted by molar-refractivity contribution is -0.128. The van der Waals surface area contributed by atoms with Crippen LogP contribution in [0, 0.1) is 0 Å². The van der Waals surface area contributed by atoms with Crippen molar-refractivity contribution in [1.82, 2.24) is 24.8 Å². The van der Waals surface area contributed by atoms with Gasteiger partial charge < -0.3 is 14.2 Å². The zero-order chi connectivity index (χ0) is 18.1. The van der Waals surface area contributed by atoms with Gasteiger partial charge >= 0.3 is 0 Å². The van der Waals surface area contributed by atoms with Crippen LogP contribution >= 0.6 is 0 Å². The predicted molar refractivity (Wildman–Crippen MR) is 92.3 cm³/mol. The van der Waals surface area contributed by atoms with Crippen LogP contribution in [0.4, 0.5) is 0 Å². The number of carbonyl (C=O) groups is 1. The van der Waals surface area contributed by atoms with E-state index in [9.17, 15) is 4.79 Å². The average molecular weight is 353 g/mol. The Hall–Kier alpha value is -3.16. The number of hydrogen-bond donors (Lipinski definition) is 0. The molecular weight excluding hydrogens is 334 g/mol. The van der Waals surface area contributed by atoms with Gasteiger partial charge in [0.25, 0.3) is 5.89 Å². The van der Waals surface area contributed by atoms with Gasteiger partial charge in [-0.25, -0.2) is 0 Å². The van der Waals surface area contributed by atoms with Crippen molar-refractivity contribution in [2.45, 2.75) is 18.9 Å². The third-order valence-electron chi connectivity index (χ3n) is 4.62. The van der Waals surface area contributed by atoms with E-state index < -0.39 is 0 Å². The Balaban J connectivity index is 1.50. The van der Waals surface area contributed by atoms with Crippen molar-refractivity contribution < 1.29 is 14.1 Å². The van der Waals surface area contributed by atoms with Gasteiger partial charge in [0.15, 0.2) is 5.82 Å². The summed E-state index contributed by atoms with van der Waals surface area (Å²) >= 11 is 0. The van der Waals surface area contributed by atoms with Crippen LogP contribution in [0.25, 0.3) is 11.6 Å². The fourth-order valence-corrected chi connectivity index (χ4v) is 3.23. The summed E-state index contributed by atoms with van der Waals surface area (Å²) in [6.07, 6.45) is 2.05. The van der Waals surface area contributed by atoms with Crippen LogP contribution in [0.2, 0.25) is 0 Å². The molecule has 0 radical (unpaired) electrons. The Labute approximate surface area is 150 Å². The van der Waals surface area contributed by atoms with Gasteiger partial charge in [-0.1, -0.05) is 23.4 Å². The summed E-state index contributed by atoms with van der Waals surface area (Å²) in [5, 5.41) is 8.18. The first kappa shape index (κ1) is 16.3. The van der Waals surface area contributed by atoms with Gasteiger partial charge in [0.2, 0.25) is 5.91 Å². The zero-order valence-electron chi connectivity index (χ0n) is 14.6. The van der Waals surface area contributed by atoms with Crippen molar-refractivity contribution in [1.29, 1.82) is 0 Å². The summed E-state index contributed by atoms with van der Waals surface area (Å²) in [6.45, 7) is 1.06. The fourth-order valence-electron chi connectivity index (χ4n) is 3.23. The minimum absolute atomic E-state index is 0.0767. The molecular formula is C18H19N5O3. The summed E-state index contributed by atoms with van der Waals surface area (Å²) in [4.78, 5) is 18.7. The molecule has 1 fully saturated rings. The van der Waals surface area contributed by atoms with Crippen LogP contribution in [0.15, 0.2) is 41.1 Å². The van der Waals surface area contributed by atoms with E-state index in [0.29, 0.717) is 31.2 Å². The van der Waals surface area contributed by atoms with Crippen LogP contribution in [0.1, 0.15) is 23.7 Å². The molecule has 0 spiro atoms. The summed E-state index contributed by atoms with van der Waals surface area (Å²) in [6, 6.07) is 9.53. The largest absolute Gasteiger partial charge is 0.496 e. The van der Waals surface area contributed by atoms with E-state index >= 15 is 0 Å². The molecule has 4 rings (SSSR count). The number of para-hydroxylation sites is 1. The lowest BCUT2D eigenvalue weighted by atomic mass is 10.1. The highest BCUT2D eigenvalue weighted by Gasteiger charge is 2.34. The molecule has 0 saturated carbocycles. The van der Waals surface area contributed by atoms with Gasteiger partial charge in [0, 0.05) is 44.2 Å². The number of aryl methyl sites for hydroxylation is 1. The van der Waals surface area contributed by atoms with Crippen LogP contribution in [-0.2, 0) is 18.4 Å². The van der Waals surface area contributed by atoms with Crippen LogP contribution in [0.5, 0.6) is 5.75 Å². The second kappa shape index (κ2) is 6.62. The maximum atomic E-state index is 12.4. The number of amides is 1. The number of ether oxygens (including phenoxy) is 1. The van der Waals surface area contributed by atoms with Crippen LogP contribution < -0.4 is 4.74 Å². The molecule has 3 heterocycles. The minimum Gasteiger partial charge on any atom is -0.496 e. The van der Waals surface area contributed by atoms with Crippen LogP contribution in [-0.4, -0.2) is 44.4 Å². The second-order valence-corrected chi connectivity index (χ2v) is 6.28. The molecule has 0 N–H and O–H groups in total. The quantitative estimate of drug-likeness (QED) is 0.697. The average Bonchev–Trinajstić information content (AvgIpc) is 3.36. The van der Waals surface area contributed by atoms with E-state index in [4.69, 9.17) is 9.26 Å². The number of carbonyl (C=O) groups excluding carboxylic acids is 1. The highest BCUT2D eigenvalue weighted by atomic mass is 16.5. The number of nitrogens with zero attached hydrogens (tertiary/aromatic N) is 5. The Kier molecular flexibility index (Phi) is 4.16. The monoisotopic (exact) mass is 353 g/mol. The Morgan fingerprint density at radius 3 is 2.92 bits per heavy atom. The normalized spacial score (nSPS) is 17.1. The molecule has 1 aliphatic rings. The standard InChI is InChI=1S/C18H19N5O3/c1-22-14(7-8-19-22)18-20-17(21-26-18)13-9-16(24)23(11-13)10-12-5-3-4-6-15(12)25-2/h3-8,13H,9-11H2,1-2H3. The molecule has 0 bridgehead atoms. The maximum Gasteiger partial charge on any atom is 0.276 e. The molecule has 1 saturated heterocycles. The van der Waals surface area contributed by atoms with Gasteiger partial charge in [-0.3, -0.25) is 9.48 Å². The van der Waals surface area contributed by atoms with Crippen molar-refractivity contribution in [2.24, 2.45) is 7.05 Å². The molecule has 134 valence electrons. The molecule has 1 aliphatic heterocycles. The second-order valence-electron chi connectivity index (χ2n) is 6.28. The van der Waals surface area contributed by atoms with E-state index in [2.05, 4.69) is 15.2 Å². The van der Waals surface area contributed by atoms with E-state index in [0.717, 1.165) is 17.0 Å². The van der Waals surface area contributed by atoms with Crippen molar-refractivity contribution in [3.05, 3.63) is 47.9 Å².